The lowest BCUT2D eigenvalue weighted by Gasteiger charge is -2.11. The van der Waals surface area contributed by atoms with Crippen molar-refractivity contribution in [2.45, 2.75) is 6.54 Å². The molecule has 0 bridgehead atoms. The molecule has 0 unspecified atom stereocenters. The Morgan fingerprint density at radius 2 is 1.59 bits per heavy atom. The zero-order valence-corrected chi connectivity index (χ0v) is 18.3. The number of carbonyl (C=O) groups excluding carboxylic acids is 1. The zero-order chi connectivity index (χ0) is 23.3. The van der Waals surface area contributed by atoms with Crippen molar-refractivity contribution in [3.63, 3.8) is 0 Å². The summed E-state index contributed by atoms with van der Waals surface area (Å²) in [5, 5.41) is 7.05. The summed E-state index contributed by atoms with van der Waals surface area (Å²) >= 11 is 0. The number of anilines is 3. The SMILES string of the molecule is NCc1ccccc1NC(=O)c1ccc(Nc2nc(-c3ccccc3)c3ccccc3n2)cn1. The Morgan fingerprint density at radius 3 is 2.38 bits per heavy atom. The normalized spacial score (nSPS) is 10.7. The molecule has 0 aliphatic heterocycles. The van der Waals surface area contributed by atoms with Gasteiger partial charge in [0.25, 0.3) is 5.91 Å². The van der Waals surface area contributed by atoms with Crippen molar-refractivity contribution < 1.29 is 4.79 Å². The summed E-state index contributed by atoms with van der Waals surface area (Å²) in [5.41, 5.74) is 10.9. The monoisotopic (exact) mass is 446 g/mol. The first kappa shape index (κ1) is 21.2. The van der Waals surface area contributed by atoms with Crippen LogP contribution < -0.4 is 16.4 Å². The van der Waals surface area contributed by atoms with E-state index in [2.05, 4.69) is 20.6 Å². The lowest BCUT2D eigenvalue weighted by molar-refractivity contribution is 0.102. The van der Waals surface area contributed by atoms with Crippen LogP contribution in [0.5, 0.6) is 0 Å². The van der Waals surface area contributed by atoms with E-state index in [0.717, 1.165) is 27.7 Å². The molecule has 3 aromatic carbocycles. The van der Waals surface area contributed by atoms with Gasteiger partial charge >= 0.3 is 0 Å². The van der Waals surface area contributed by atoms with E-state index in [1.807, 2.05) is 78.9 Å². The molecule has 5 aromatic rings. The summed E-state index contributed by atoms with van der Waals surface area (Å²) in [4.78, 5) is 26.4. The predicted octanol–water partition coefficient (Wildman–Crippen LogP) is 5.15. The molecular weight excluding hydrogens is 424 g/mol. The summed E-state index contributed by atoms with van der Waals surface area (Å²) in [6.45, 7) is 0.337. The molecular formula is C27H22N6O. The molecule has 5 rings (SSSR count). The van der Waals surface area contributed by atoms with Crippen LogP contribution in [0.25, 0.3) is 22.2 Å². The standard InChI is InChI=1S/C27H22N6O/c28-16-19-10-4-6-12-22(19)31-26(34)24-15-14-20(17-29-24)30-27-32-23-13-7-5-11-21(23)25(33-27)18-8-2-1-3-9-18/h1-15,17H,16,28H2,(H,31,34)(H,30,32,33). The number of carbonyl (C=O) groups is 1. The fourth-order valence-electron chi connectivity index (χ4n) is 3.69. The van der Waals surface area contributed by atoms with Gasteiger partial charge in [0.2, 0.25) is 5.95 Å². The quantitative estimate of drug-likeness (QED) is 0.333. The molecule has 166 valence electrons. The molecule has 0 atom stereocenters. The van der Waals surface area contributed by atoms with Gasteiger partial charge in [0, 0.05) is 23.2 Å². The second-order valence-electron chi connectivity index (χ2n) is 7.65. The van der Waals surface area contributed by atoms with E-state index in [4.69, 9.17) is 10.7 Å². The van der Waals surface area contributed by atoms with Crippen molar-refractivity contribution in [2.24, 2.45) is 5.73 Å². The van der Waals surface area contributed by atoms with Gasteiger partial charge < -0.3 is 16.4 Å². The lowest BCUT2D eigenvalue weighted by atomic mass is 10.1. The maximum atomic E-state index is 12.6. The summed E-state index contributed by atoms with van der Waals surface area (Å²) in [5.74, 6) is 0.147. The van der Waals surface area contributed by atoms with Gasteiger partial charge in [-0.2, -0.15) is 0 Å². The zero-order valence-electron chi connectivity index (χ0n) is 18.3. The number of pyridine rings is 1. The van der Waals surface area contributed by atoms with Crippen molar-refractivity contribution >= 4 is 34.1 Å². The summed E-state index contributed by atoms with van der Waals surface area (Å²) < 4.78 is 0. The van der Waals surface area contributed by atoms with E-state index in [-0.39, 0.29) is 5.91 Å². The van der Waals surface area contributed by atoms with Crippen molar-refractivity contribution in [3.05, 3.63) is 108 Å². The van der Waals surface area contributed by atoms with Gasteiger partial charge in [-0.15, -0.1) is 0 Å². The number of fused-ring (bicyclic) bond motifs is 1. The average molecular weight is 447 g/mol. The molecule has 0 saturated carbocycles. The Hall–Kier alpha value is -4.62. The van der Waals surface area contributed by atoms with E-state index in [1.165, 1.54) is 0 Å². The van der Waals surface area contributed by atoms with Crippen LogP contribution in [0.2, 0.25) is 0 Å². The molecule has 4 N–H and O–H groups in total. The Bertz CT molecular complexity index is 1450. The maximum absolute atomic E-state index is 12.6. The molecule has 7 heteroatoms. The summed E-state index contributed by atoms with van der Waals surface area (Å²) in [6.07, 6.45) is 1.59. The highest BCUT2D eigenvalue weighted by Gasteiger charge is 2.12. The Balaban J connectivity index is 1.39. The highest BCUT2D eigenvalue weighted by Crippen LogP contribution is 2.28. The van der Waals surface area contributed by atoms with Crippen LogP contribution >= 0.6 is 0 Å². The highest BCUT2D eigenvalue weighted by atomic mass is 16.1. The van der Waals surface area contributed by atoms with E-state index in [1.54, 1.807) is 18.3 Å². The van der Waals surface area contributed by atoms with Crippen LogP contribution in [0.1, 0.15) is 16.1 Å². The largest absolute Gasteiger partial charge is 0.326 e. The second kappa shape index (κ2) is 9.48. The molecule has 0 aliphatic carbocycles. The van der Waals surface area contributed by atoms with Gasteiger partial charge in [-0.25, -0.2) is 15.0 Å². The van der Waals surface area contributed by atoms with Crippen molar-refractivity contribution in [2.75, 3.05) is 10.6 Å². The average Bonchev–Trinajstić information content (AvgIpc) is 2.89. The van der Waals surface area contributed by atoms with Crippen molar-refractivity contribution in [3.8, 4) is 11.3 Å². The van der Waals surface area contributed by atoms with Gasteiger partial charge in [-0.05, 0) is 29.8 Å². The fraction of sp³-hybridized carbons (Fsp3) is 0.0370. The number of para-hydroxylation sites is 2. The number of amides is 1. The van der Waals surface area contributed by atoms with Crippen LogP contribution in [0.15, 0.2) is 97.2 Å². The second-order valence-corrected chi connectivity index (χ2v) is 7.65. The number of aromatic nitrogens is 3. The number of nitrogens with zero attached hydrogens (tertiary/aromatic N) is 3. The van der Waals surface area contributed by atoms with Crippen LogP contribution in [-0.2, 0) is 6.54 Å². The number of nitrogens with one attached hydrogen (secondary N) is 2. The third kappa shape index (κ3) is 4.46. The van der Waals surface area contributed by atoms with Crippen molar-refractivity contribution in [1.29, 1.82) is 0 Å². The van der Waals surface area contributed by atoms with E-state index < -0.39 is 0 Å². The molecule has 34 heavy (non-hydrogen) atoms. The van der Waals surface area contributed by atoms with E-state index in [0.29, 0.717) is 29.6 Å². The Kier molecular flexibility index (Phi) is 5.92. The predicted molar refractivity (Wildman–Crippen MR) is 135 cm³/mol. The molecule has 0 spiro atoms. The first-order valence-electron chi connectivity index (χ1n) is 10.9. The van der Waals surface area contributed by atoms with Gasteiger partial charge in [-0.1, -0.05) is 66.7 Å². The third-order valence-electron chi connectivity index (χ3n) is 5.39. The molecule has 2 aromatic heterocycles. The molecule has 0 saturated heterocycles. The minimum atomic E-state index is -0.305. The van der Waals surface area contributed by atoms with E-state index in [9.17, 15) is 4.79 Å². The van der Waals surface area contributed by atoms with E-state index >= 15 is 0 Å². The number of nitrogens with two attached hydrogens (primary N) is 1. The number of hydrogen-bond acceptors (Lipinski definition) is 6. The van der Waals surface area contributed by atoms with Gasteiger partial charge in [0.15, 0.2) is 0 Å². The Morgan fingerprint density at radius 1 is 0.824 bits per heavy atom. The number of rotatable bonds is 6. The first-order chi connectivity index (χ1) is 16.7. The highest BCUT2D eigenvalue weighted by molar-refractivity contribution is 6.03. The molecule has 7 nitrogen and oxygen atoms in total. The first-order valence-corrected chi connectivity index (χ1v) is 10.9. The minimum Gasteiger partial charge on any atom is -0.326 e. The number of benzene rings is 3. The van der Waals surface area contributed by atoms with Crippen LogP contribution in [0, 0.1) is 0 Å². The summed E-state index contributed by atoms with van der Waals surface area (Å²) in [6, 6.07) is 28.8. The molecule has 0 fully saturated rings. The number of hydrogen-bond donors (Lipinski definition) is 3. The Labute approximate surface area is 196 Å². The smallest absolute Gasteiger partial charge is 0.274 e. The van der Waals surface area contributed by atoms with Gasteiger partial charge in [-0.3, -0.25) is 4.79 Å². The molecule has 0 radical (unpaired) electrons. The topological polar surface area (TPSA) is 106 Å². The lowest BCUT2D eigenvalue weighted by Crippen LogP contribution is -2.15. The van der Waals surface area contributed by atoms with Gasteiger partial charge in [0.05, 0.1) is 23.1 Å². The van der Waals surface area contributed by atoms with Crippen molar-refractivity contribution in [1.82, 2.24) is 15.0 Å². The summed E-state index contributed by atoms with van der Waals surface area (Å²) in [7, 11) is 0. The minimum absolute atomic E-state index is 0.293. The maximum Gasteiger partial charge on any atom is 0.274 e. The molecule has 1 amide bonds. The third-order valence-corrected chi connectivity index (χ3v) is 5.39. The molecule has 2 heterocycles. The van der Waals surface area contributed by atoms with Crippen LogP contribution in [0.4, 0.5) is 17.3 Å². The van der Waals surface area contributed by atoms with Crippen LogP contribution in [-0.4, -0.2) is 20.9 Å². The molecule has 0 aliphatic rings. The fourth-order valence-corrected chi connectivity index (χ4v) is 3.69. The van der Waals surface area contributed by atoms with Crippen LogP contribution in [0.3, 0.4) is 0 Å². The van der Waals surface area contributed by atoms with Gasteiger partial charge in [0.1, 0.15) is 5.69 Å².